The fraction of sp³-hybridized carbons (Fsp3) is 0.267. The van der Waals surface area contributed by atoms with E-state index in [1.165, 1.54) is 16.9 Å². The molecular weight excluding hydrogens is 294 g/mol. The number of halogens is 1. The summed E-state index contributed by atoms with van der Waals surface area (Å²) in [4.78, 5) is 12.8. The number of anilines is 1. The van der Waals surface area contributed by atoms with Gasteiger partial charge in [0.15, 0.2) is 0 Å². The summed E-state index contributed by atoms with van der Waals surface area (Å²) in [5.41, 5.74) is 1.96. The number of amides is 1. The molecule has 0 spiro atoms. The quantitative estimate of drug-likeness (QED) is 0.813. The first kappa shape index (κ1) is 14.9. The number of benzene rings is 1. The molecule has 1 heterocycles. The van der Waals surface area contributed by atoms with E-state index in [4.69, 9.17) is 16.3 Å². The van der Waals surface area contributed by atoms with Gasteiger partial charge in [-0.15, -0.1) is 22.9 Å². The summed E-state index contributed by atoms with van der Waals surface area (Å²) in [6.07, 6.45) is 1.84. The average Bonchev–Trinajstić information content (AvgIpc) is 2.94. The summed E-state index contributed by atoms with van der Waals surface area (Å²) < 4.78 is 5.16. The second-order valence-electron chi connectivity index (χ2n) is 4.27. The molecule has 5 heteroatoms. The van der Waals surface area contributed by atoms with Crippen LogP contribution in [-0.2, 0) is 6.42 Å². The number of methoxy groups -OCH3 is 1. The Morgan fingerprint density at radius 1 is 1.40 bits per heavy atom. The smallest absolute Gasteiger partial charge is 0.269 e. The molecule has 0 aliphatic carbocycles. The molecular formula is C15H16ClNO2S. The van der Waals surface area contributed by atoms with Gasteiger partial charge < -0.3 is 10.1 Å². The number of alkyl halides is 1. The largest absolute Gasteiger partial charge is 0.495 e. The molecule has 0 unspecified atom stereocenters. The lowest BCUT2D eigenvalue weighted by Gasteiger charge is -2.07. The van der Waals surface area contributed by atoms with Gasteiger partial charge in [0.1, 0.15) is 10.6 Å². The molecule has 0 fully saturated rings. The molecule has 2 rings (SSSR count). The molecule has 3 nitrogen and oxygen atoms in total. The van der Waals surface area contributed by atoms with Crippen LogP contribution in [0.25, 0.3) is 0 Å². The van der Waals surface area contributed by atoms with E-state index in [0.29, 0.717) is 16.5 Å². The minimum atomic E-state index is -0.147. The van der Waals surface area contributed by atoms with Gasteiger partial charge in [0.2, 0.25) is 0 Å². The molecule has 1 amide bonds. The second-order valence-corrected chi connectivity index (χ2v) is 5.56. The topological polar surface area (TPSA) is 38.3 Å². The van der Waals surface area contributed by atoms with Crippen LogP contribution in [0.2, 0.25) is 0 Å². The Labute approximate surface area is 127 Å². The second kappa shape index (κ2) is 7.31. The molecule has 0 atom stereocenters. The lowest BCUT2D eigenvalue weighted by molar-refractivity contribution is 0.102. The van der Waals surface area contributed by atoms with Crippen molar-refractivity contribution in [1.29, 1.82) is 0 Å². The average molecular weight is 310 g/mol. The Kier molecular flexibility index (Phi) is 5.44. The number of carbonyl (C=O) groups is 1. The molecule has 106 valence electrons. The summed E-state index contributed by atoms with van der Waals surface area (Å²) in [5.74, 6) is 1.10. The highest BCUT2D eigenvalue weighted by Gasteiger charge is 2.13. The standard InChI is InChI=1S/C15H16ClNO2S/c1-19-13-7-9-20-14(13)15(18)17-12-6-2-4-11(10-12)5-3-8-16/h2,4,6-7,9-10H,3,5,8H2,1H3,(H,17,18). The van der Waals surface area contributed by atoms with Gasteiger partial charge in [-0.05, 0) is 42.0 Å². The van der Waals surface area contributed by atoms with Crippen LogP contribution in [0, 0.1) is 0 Å². The van der Waals surface area contributed by atoms with Gasteiger partial charge in [0.05, 0.1) is 7.11 Å². The summed E-state index contributed by atoms with van der Waals surface area (Å²) in [6.45, 7) is 0. The third kappa shape index (κ3) is 3.74. The highest BCUT2D eigenvalue weighted by atomic mass is 35.5. The number of ether oxygens (including phenoxy) is 1. The van der Waals surface area contributed by atoms with Crippen LogP contribution in [0.5, 0.6) is 5.75 Å². The lowest BCUT2D eigenvalue weighted by atomic mass is 10.1. The van der Waals surface area contributed by atoms with E-state index in [9.17, 15) is 4.79 Å². The van der Waals surface area contributed by atoms with Crippen molar-refractivity contribution in [3.8, 4) is 5.75 Å². The van der Waals surface area contributed by atoms with E-state index in [1.54, 1.807) is 13.2 Å². The molecule has 0 saturated carbocycles. The Morgan fingerprint density at radius 3 is 3.00 bits per heavy atom. The molecule has 0 radical (unpaired) electrons. The minimum absolute atomic E-state index is 0.147. The lowest BCUT2D eigenvalue weighted by Crippen LogP contribution is -2.11. The summed E-state index contributed by atoms with van der Waals surface area (Å²) in [5, 5.41) is 4.73. The first-order chi connectivity index (χ1) is 9.74. The fourth-order valence-corrected chi connectivity index (χ4v) is 2.77. The molecule has 2 aromatic rings. The zero-order valence-corrected chi connectivity index (χ0v) is 12.8. The molecule has 1 aromatic heterocycles. The maximum Gasteiger partial charge on any atom is 0.269 e. The maximum atomic E-state index is 12.2. The van der Waals surface area contributed by atoms with E-state index >= 15 is 0 Å². The summed E-state index contributed by atoms with van der Waals surface area (Å²) in [7, 11) is 1.56. The molecule has 0 aliphatic rings. The van der Waals surface area contributed by atoms with Crippen molar-refractivity contribution < 1.29 is 9.53 Å². The van der Waals surface area contributed by atoms with Crippen molar-refractivity contribution in [1.82, 2.24) is 0 Å². The van der Waals surface area contributed by atoms with Crippen molar-refractivity contribution in [2.24, 2.45) is 0 Å². The Bertz CT molecular complexity index is 583. The van der Waals surface area contributed by atoms with Crippen LogP contribution < -0.4 is 10.1 Å². The zero-order valence-electron chi connectivity index (χ0n) is 11.2. The number of hydrogen-bond donors (Lipinski definition) is 1. The molecule has 0 saturated heterocycles. The van der Waals surface area contributed by atoms with E-state index in [2.05, 4.69) is 5.32 Å². The van der Waals surface area contributed by atoms with Crippen molar-refractivity contribution in [2.75, 3.05) is 18.3 Å². The van der Waals surface area contributed by atoms with Gasteiger partial charge in [-0.1, -0.05) is 12.1 Å². The van der Waals surface area contributed by atoms with Crippen LogP contribution in [0.15, 0.2) is 35.7 Å². The van der Waals surface area contributed by atoms with Gasteiger partial charge in [-0.2, -0.15) is 0 Å². The van der Waals surface area contributed by atoms with Gasteiger partial charge in [0, 0.05) is 11.6 Å². The highest BCUT2D eigenvalue weighted by Crippen LogP contribution is 2.25. The SMILES string of the molecule is COc1ccsc1C(=O)Nc1cccc(CCCCl)c1. The number of rotatable bonds is 6. The van der Waals surface area contributed by atoms with Crippen LogP contribution in [0.3, 0.4) is 0 Å². The van der Waals surface area contributed by atoms with Crippen molar-refractivity contribution in [3.63, 3.8) is 0 Å². The van der Waals surface area contributed by atoms with E-state index < -0.39 is 0 Å². The van der Waals surface area contributed by atoms with Gasteiger partial charge in [0.25, 0.3) is 5.91 Å². The van der Waals surface area contributed by atoms with E-state index in [0.717, 1.165) is 18.5 Å². The summed E-state index contributed by atoms with van der Waals surface area (Å²) >= 11 is 7.06. The number of carbonyl (C=O) groups excluding carboxylic acids is 1. The van der Waals surface area contributed by atoms with Crippen LogP contribution in [0.4, 0.5) is 5.69 Å². The predicted molar refractivity (Wildman–Crippen MR) is 84.3 cm³/mol. The zero-order chi connectivity index (χ0) is 14.4. The minimum Gasteiger partial charge on any atom is -0.495 e. The third-order valence-electron chi connectivity index (χ3n) is 2.84. The summed E-state index contributed by atoms with van der Waals surface area (Å²) in [6, 6.07) is 9.61. The Morgan fingerprint density at radius 2 is 2.25 bits per heavy atom. The third-order valence-corrected chi connectivity index (χ3v) is 4.00. The Hall–Kier alpha value is -1.52. The molecule has 0 bridgehead atoms. The van der Waals surface area contributed by atoms with Gasteiger partial charge in [-0.25, -0.2) is 0 Å². The van der Waals surface area contributed by atoms with Crippen molar-refractivity contribution >= 4 is 34.5 Å². The van der Waals surface area contributed by atoms with Crippen molar-refractivity contribution in [2.45, 2.75) is 12.8 Å². The molecule has 0 aliphatic heterocycles. The normalized spacial score (nSPS) is 10.3. The highest BCUT2D eigenvalue weighted by molar-refractivity contribution is 7.12. The van der Waals surface area contributed by atoms with E-state index in [1.807, 2.05) is 29.6 Å². The van der Waals surface area contributed by atoms with E-state index in [-0.39, 0.29) is 5.91 Å². The predicted octanol–water partition coefficient (Wildman–Crippen LogP) is 4.18. The van der Waals surface area contributed by atoms with Crippen molar-refractivity contribution in [3.05, 3.63) is 46.2 Å². The number of aryl methyl sites for hydroxylation is 1. The molecule has 1 aromatic carbocycles. The molecule has 20 heavy (non-hydrogen) atoms. The first-order valence-corrected chi connectivity index (χ1v) is 7.73. The van der Waals surface area contributed by atoms with Crippen LogP contribution >= 0.6 is 22.9 Å². The number of nitrogens with one attached hydrogen (secondary N) is 1. The van der Waals surface area contributed by atoms with Crippen LogP contribution in [0.1, 0.15) is 21.7 Å². The number of hydrogen-bond acceptors (Lipinski definition) is 3. The molecule has 1 N–H and O–H groups in total. The van der Waals surface area contributed by atoms with Gasteiger partial charge >= 0.3 is 0 Å². The van der Waals surface area contributed by atoms with Gasteiger partial charge in [-0.3, -0.25) is 4.79 Å². The number of thiophene rings is 1. The monoisotopic (exact) mass is 309 g/mol. The van der Waals surface area contributed by atoms with Crippen LogP contribution in [-0.4, -0.2) is 18.9 Å². The first-order valence-electron chi connectivity index (χ1n) is 6.32. The Balaban J connectivity index is 2.08. The maximum absolute atomic E-state index is 12.2. The fourth-order valence-electron chi connectivity index (χ4n) is 1.89.